The lowest BCUT2D eigenvalue weighted by atomic mass is 9.91. The molecular weight excluding hydrogens is 464 g/mol. The van der Waals surface area contributed by atoms with Gasteiger partial charge in [0.15, 0.2) is 0 Å². The topological polar surface area (TPSA) is 92.8 Å². The first-order chi connectivity index (χ1) is 15.2. The van der Waals surface area contributed by atoms with E-state index in [1.54, 1.807) is 11.0 Å². The van der Waals surface area contributed by atoms with Crippen LogP contribution < -0.4 is 9.50 Å². The molecule has 0 radical (unpaired) electrons. The maximum Gasteiger partial charge on any atom is 0.339 e. The maximum atomic E-state index is 12.9. The Morgan fingerprint density at radius 2 is 1.70 bits per heavy atom. The van der Waals surface area contributed by atoms with E-state index in [9.17, 15) is 18.0 Å². The number of benzene rings is 2. The summed E-state index contributed by atoms with van der Waals surface area (Å²) in [4.78, 5) is 25.7. The molecule has 33 heavy (non-hydrogen) atoms. The molecule has 2 amide bonds. The maximum absolute atomic E-state index is 12.9. The number of carbonyl (C=O) groups excluding carboxylic acids is 2. The summed E-state index contributed by atoms with van der Waals surface area (Å²) < 4.78 is 31.2. The van der Waals surface area contributed by atoms with Gasteiger partial charge in [-0.05, 0) is 61.7 Å². The second-order valence-corrected chi connectivity index (χ2v) is 11.3. The fourth-order valence-corrected chi connectivity index (χ4v) is 4.28. The molecule has 9 heteroatoms. The zero-order valence-corrected chi connectivity index (χ0v) is 21.4. The van der Waals surface area contributed by atoms with Gasteiger partial charge in [-0.3, -0.25) is 9.59 Å². The fraction of sp³-hybridized carbons (Fsp3) is 0.417. The van der Waals surface area contributed by atoms with Gasteiger partial charge in [0.2, 0.25) is 11.8 Å². The summed E-state index contributed by atoms with van der Waals surface area (Å²) >= 11 is 6.17. The van der Waals surface area contributed by atoms with Crippen LogP contribution >= 0.6 is 11.6 Å². The number of rotatable bonds is 8. The molecule has 2 aromatic rings. The normalized spacial score (nSPS) is 11.9. The molecule has 0 spiro atoms. The van der Waals surface area contributed by atoms with Crippen molar-refractivity contribution in [2.24, 2.45) is 5.41 Å². The highest BCUT2D eigenvalue weighted by atomic mass is 35.5. The van der Waals surface area contributed by atoms with E-state index < -0.39 is 10.1 Å². The number of carbonyl (C=O) groups is 2. The quantitative estimate of drug-likeness (QED) is 0.506. The third kappa shape index (κ3) is 8.05. The Labute approximate surface area is 201 Å². The van der Waals surface area contributed by atoms with Gasteiger partial charge in [0.25, 0.3) is 0 Å². The Morgan fingerprint density at radius 1 is 1.09 bits per heavy atom. The molecule has 0 aromatic heterocycles. The van der Waals surface area contributed by atoms with Crippen molar-refractivity contribution in [1.82, 2.24) is 4.90 Å². The Morgan fingerprint density at radius 3 is 2.21 bits per heavy atom. The number of hydrogen-bond acceptors (Lipinski definition) is 5. The van der Waals surface area contributed by atoms with Crippen LogP contribution in [0.1, 0.15) is 53.5 Å². The van der Waals surface area contributed by atoms with Crippen LogP contribution in [0.15, 0.2) is 47.4 Å². The molecule has 0 saturated carbocycles. The summed E-state index contributed by atoms with van der Waals surface area (Å²) in [6.07, 6.45) is 0.348. The lowest BCUT2D eigenvalue weighted by Crippen LogP contribution is -2.38. The van der Waals surface area contributed by atoms with E-state index in [4.69, 9.17) is 15.8 Å². The van der Waals surface area contributed by atoms with Crippen LogP contribution in [0.2, 0.25) is 5.02 Å². The van der Waals surface area contributed by atoms with Crippen molar-refractivity contribution in [3.8, 4) is 5.75 Å². The van der Waals surface area contributed by atoms with Gasteiger partial charge >= 0.3 is 10.1 Å². The molecule has 180 valence electrons. The zero-order valence-electron chi connectivity index (χ0n) is 19.8. The molecule has 0 unspecified atom stereocenters. The second kappa shape index (κ2) is 10.6. The van der Waals surface area contributed by atoms with Gasteiger partial charge in [-0.15, -0.1) is 0 Å². The lowest BCUT2D eigenvalue weighted by Gasteiger charge is -2.30. The van der Waals surface area contributed by atoms with Crippen molar-refractivity contribution in [2.45, 2.75) is 65.4 Å². The van der Waals surface area contributed by atoms with E-state index in [1.807, 2.05) is 34.6 Å². The Balaban J connectivity index is 2.33. The summed E-state index contributed by atoms with van der Waals surface area (Å²) in [5.41, 5.74) is 0.764. The van der Waals surface area contributed by atoms with E-state index >= 15 is 0 Å². The Bertz CT molecular complexity index is 1110. The first kappa shape index (κ1) is 26.7. The SMILES string of the molecule is CC(=O)Nc1ccc(S(=O)(=O)Oc2ccc(Cl)cc2CN(C(=O)CC(C)(C)C)C(C)C)cc1. The van der Waals surface area contributed by atoms with Crippen LogP contribution in [-0.4, -0.2) is 31.2 Å². The second-order valence-electron chi connectivity index (χ2n) is 9.35. The van der Waals surface area contributed by atoms with Gasteiger partial charge in [0, 0.05) is 42.2 Å². The minimum atomic E-state index is -4.16. The Kier molecular flexibility index (Phi) is 8.54. The van der Waals surface area contributed by atoms with Crippen molar-refractivity contribution in [3.05, 3.63) is 53.1 Å². The molecule has 0 fully saturated rings. The van der Waals surface area contributed by atoms with Crippen LogP contribution in [0.4, 0.5) is 5.69 Å². The lowest BCUT2D eigenvalue weighted by molar-refractivity contribution is -0.135. The molecule has 0 aliphatic rings. The third-order valence-electron chi connectivity index (χ3n) is 4.65. The molecule has 0 aliphatic heterocycles. The molecule has 0 bridgehead atoms. The molecule has 1 N–H and O–H groups in total. The first-order valence-corrected chi connectivity index (χ1v) is 12.4. The van der Waals surface area contributed by atoms with Crippen molar-refractivity contribution >= 4 is 39.2 Å². The van der Waals surface area contributed by atoms with Crippen molar-refractivity contribution in [3.63, 3.8) is 0 Å². The summed E-state index contributed by atoms with van der Waals surface area (Å²) in [5, 5.41) is 2.98. The molecule has 7 nitrogen and oxygen atoms in total. The highest BCUT2D eigenvalue weighted by Gasteiger charge is 2.25. The summed E-state index contributed by atoms with van der Waals surface area (Å²) in [6.45, 7) is 11.3. The number of anilines is 1. The predicted octanol–water partition coefficient (Wildman–Crippen LogP) is 5.24. The summed E-state index contributed by atoms with van der Waals surface area (Å²) in [6, 6.07) is 10.2. The minimum absolute atomic E-state index is 0.0418. The molecule has 2 rings (SSSR count). The highest BCUT2D eigenvalue weighted by Crippen LogP contribution is 2.29. The van der Waals surface area contributed by atoms with E-state index in [-0.39, 0.29) is 40.5 Å². The van der Waals surface area contributed by atoms with Gasteiger partial charge in [-0.25, -0.2) is 0 Å². The highest BCUT2D eigenvalue weighted by molar-refractivity contribution is 7.87. The van der Waals surface area contributed by atoms with Crippen molar-refractivity contribution in [1.29, 1.82) is 0 Å². The third-order valence-corrected chi connectivity index (χ3v) is 6.13. The molecule has 2 aromatic carbocycles. The largest absolute Gasteiger partial charge is 0.379 e. The smallest absolute Gasteiger partial charge is 0.339 e. The predicted molar refractivity (Wildman–Crippen MR) is 130 cm³/mol. The van der Waals surface area contributed by atoms with Crippen molar-refractivity contribution < 1.29 is 22.2 Å². The van der Waals surface area contributed by atoms with Gasteiger partial charge in [0.05, 0.1) is 0 Å². The van der Waals surface area contributed by atoms with Gasteiger partial charge in [-0.2, -0.15) is 8.42 Å². The van der Waals surface area contributed by atoms with Crippen LogP contribution in [0.25, 0.3) is 0 Å². The average molecular weight is 495 g/mol. The van der Waals surface area contributed by atoms with Gasteiger partial charge < -0.3 is 14.4 Å². The van der Waals surface area contributed by atoms with E-state index in [0.29, 0.717) is 22.7 Å². The molecule has 0 aliphatic carbocycles. The first-order valence-electron chi connectivity index (χ1n) is 10.6. The standard InChI is InChI=1S/C24H31ClN2O5S/c1-16(2)27(23(29)14-24(4,5)6)15-18-13-19(25)7-12-22(18)32-33(30,31)21-10-8-20(9-11-21)26-17(3)28/h7-13,16H,14-15H2,1-6H3,(H,26,28). The number of nitrogens with zero attached hydrogens (tertiary/aromatic N) is 1. The van der Waals surface area contributed by atoms with Crippen LogP contribution in [0, 0.1) is 5.41 Å². The zero-order chi connectivity index (χ0) is 25.0. The van der Waals surface area contributed by atoms with E-state index in [1.165, 1.54) is 43.3 Å². The van der Waals surface area contributed by atoms with Crippen molar-refractivity contribution in [2.75, 3.05) is 5.32 Å². The van der Waals surface area contributed by atoms with Gasteiger partial charge in [0.1, 0.15) is 10.6 Å². The molecular formula is C24H31ClN2O5S. The number of nitrogens with one attached hydrogen (secondary N) is 1. The van der Waals surface area contributed by atoms with E-state index in [0.717, 1.165) is 0 Å². The number of amides is 2. The van der Waals surface area contributed by atoms with Crippen LogP contribution in [-0.2, 0) is 26.3 Å². The van der Waals surface area contributed by atoms with Crippen LogP contribution in [0.3, 0.4) is 0 Å². The van der Waals surface area contributed by atoms with Crippen LogP contribution in [0.5, 0.6) is 5.75 Å². The molecule has 0 saturated heterocycles. The van der Waals surface area contributed by atoms with Gasteiger partial charge in [-0.1, -0.05) is 32.4 Å². The monoisotopic (exact) mass is 494 g/mol. The Hall–Kier alpha value is -2.58. The van der Waals surface area contributed by atoms with E-state index in [2.05, 4.69) is 5.32 Å². The fourth-order valence-electron chi connectivity index (χ4n) is 3.12. The minimum Gasteiger partial charge on any atom is -0.379 e. The molecule has 0 heterocycles. The number of halogens is 1. The number of hydrogen-bond donors (Lipinski definition) is 1. The average Bonchev–Trinajstić information content (AvgIpc) is 2.66. The summed E-state index contributed by atoms with van der Waals surface area (Å²) in [5.74, 6) is -0.206. The molecule has 0 atom stereocenters. The summed E-state index contributed by atoms with van der Waals surface area (Å²) in [7, 11) is -4.16.